The largest absolute Gasteiger partial charge is 0.324 e. The first kappa shape index (κ1) is 14.2. The van der Waals surface area contributed by atoms with Gasteiger partial charge in [0, 0.05) is 11.4 Å². The van der Waals surface area contributed by atoms with E-state index in [1.54, 1.807) is 11.8 Å². The Morgan fingerprint density at radius 3 is 2.67 bits per heavy atom. The number of para-hydroxylation sites is 1. The molecule has 1 amide bonds. The van der Waals surface area contributed by atoms with Gasteiger partial charge in [-0.3, -0.25) is 4.79 Å². The average molecular weight is 298 g/mol. The van der Waals surface area contributed by atoms with Gasteiger partial charge in [-0.25, -0.2) is 0 Å². The number of carbonyl (C=O) groups excluding carboxylic acids is 1. The highest BCUT2D eigenvalue weighted by atomic mass is 32.2. The van der Waals surface area contributed by atoms with Gasteiger partial charge in [-0.1, -0.05) is 36.4 Å². The third-order valence-electron chi connectivity index (χ3n) is 3.76. The van der Waals surface area contributed by atoms with Crippen LogP contribution >= 0.6 is 11.8 Å². The van der Waals surface area contributed by atoms with Crippen LogP contribution in [-0.4, -0.2) is 18.2 Å². The van der Waals surface area contributed by atoms with Gasteiger partial charge in [-0.05, 0) is 35.9 Å². The van der Waals surface area contributed by atoms with Gasteiger partial charge in [-0.2, -0.15) is 0 Å². The van der Waals surface area contributed by atoms with Crippen molar-refractivity contribution in [2.24, 2.45) is 0 Å². The molecule has 0 radical (unpaired) electrons. The van der Waals surface area contributed by atoms with Crippen LogP contribution in [0.15, 0.2) is 53.4 Å². The summed E-state index contributed by atoms with van der Waals surface area (Å²) in [5.74, 6) is 0.0333. The number of rotatable bonds is 3. The molecule has 3 rings (SSSR count). The van der Waals surface area contributed by atoms with E-state index in [0.29, 0.717) is 0 Å². The zero-order valence-electron chi connectivity index (χ0n) is 11.9. The van der Waals surface area contributed by atoms with Gasteiger partial charge < -0.3 is 10.6 Å². The Hall–Kier alpha value is -1.78. The molecule has 108 valence electrons. The molecule has 1 aliphatic heterocycles. The number of anilines is 1. The van der Waals surface area contributed by atoms with Crippen LogP contribution in [-0.2, 0) is 17.8 Å². The number of thioether (sulfide) groups is 1. The van der Waals surface area contributed by atoms with Crippen LogP contribution in [0.1, 0.15) is 11.1 Å². The monoisotopic (exact) mass is 298 g/mol. The summed E-state index contributed by atoms with van der Waals surface area (Å²) in [4.78, 5) is 13.5. The lowest BCUT2D eigenvalue weighted by molar-refractivity contribution is -0.118. The second kappa shape index (κ2) is 6.33. The van der Waals surface area contributed by atoms with Crippen molar-refractivity contribution in [3.8, 4) is 0 Å². The van der Waals surface area contributed by atoms with Crippen LogP contribution < -0.4 is 10.6 Å². The van der Waals surface area contributed by atoms with Crippen molar-refractivity contribution >= 4 is 23.4 Å². The second-order valence-electron chi connectivity index (χ2n) is 5.10. The number of nitrogens with one attached hydrogen (secondary N) is 2. The maximum Gasteiger partial charge on any atom is 0.241 e. The molecular weight excluding hydrogens is 280 g/mol. The normalized spacial score (nSPS) is 17.1. The van der Waals surface area contributed by atoms with E-state index < -0.39 is 0 Å². The summed E-state index contributed by atoms with van der Waals surface area (Å²) in [7, 11) is 0. The minimum Gasteiger partial charge on any atom is -0.324 e. The van der Waals surface area contributed by atoms with E-state index in [1.807, 2.05) is 42.7 Å². The van der Waals surface area contributed by atoms with Gasteiger partial charge in [0.1, 0.15) is 0 Å². The lowest BCUT2D eigenvalue weighted by atomic mass is 9.95. The van der Waals surface area contributed by atoms with E-state index in [4.69, 9.17) is 0 Å². The standard InChI is InChI=1S/C17H18N2OS/c1-21-16-9-5-4-8-14(16)19-17(20)15-10-12-6-2-3-7-13(12)11-18-15/h2-9,15,18H,10-11H2,1H3,(H,19,20). The molecule has 3 nitrogen and oxygen atoms in total. The van der Waals surface area contributed by atoms with Crippen molar-refractivity contribution in [1.29, 1.82) is 0 Å². The number of fused-ring (bicyclic) bond motifs is 1. The molecule has 0 aliphatic carbocycles. The van der Waals surface area contributed by atoms with Crippen molar-refractivity contribution in [3.05, 3.63) is 59.7 Å². The molecule has 21 heavy (non-hydrogen) atoms. The summed E-state index contributed by atoms with van der Waals surface area (Å²) in [6.45, 7) is 0.748. The zero-order valence-corrected chi connectivity index (χ0v) is 12.7. The van der Waals surface area contributed by atoms with Gasteiger partial charge >= 0.3 is 0 Å². The number of hydrogen-bond acceptors (Lipinski definition) is 3. The predicted octanol–water partition coefficient (Wildman–Crippen LogP) is 3.06. The maximum atomic E-state index is 12.5. The van der Waals surface area contributed by atoms with E-state index in [0.717, 1.165) is 23.5 Å². The Labute approximate surface area is 129 Å². The van der Waals surface area contributed by atoms with Gasteiger partial charge in [-0.15, -0.1) is 11.8 Å². The third kappa shape index (κ3) is 3.12. The van der Waals surface area contributed by atoms with Gasteiger partial charge in [0.2, 0.25) is 5.91 Å². The quantitative estimate of drug-likeness (QED) is 0.856. The minimum atomic E-state index is -0.171. The van der Waals surface area contributed by atoms with Crippen LogP contribution in [0.2, 0.25) is 0 Å². The molecule has 4 heteroatoms. The molecule has 0 saturated carbocycles. The topological polar surface area (TPSA) is 41.1 Å². The number of amides is 1. The summed E-state index contributed by atoms with van der Waals surface area (Å²) in [6.07, 6.45) is 2.75. The van der Waals surface area contributed by atoms with Crippen LogP contribution in [0.5, 0.6) is 0 Å². The lowest BCUT2D eigenvalue weighted by Gasteiger charge is -2.25. The van der Waals surface area contributed by atoms with Crippen LogP contribution in [0.25, 0.3) is 0 Å². The Balaban J connectivity index is 1.72. The highest BCUT2D eigenvalue weighted by molar-refractivity contribution is 7.98. The molecule has 2 aromatic carbocycles. The molecule has 1 atom stereocenters. The predicted molar refractivity (Wildman–Crippen MR) is 87.6 cm³/mol. The summed E-state index contributed by atoms with van der Waals surface area (Å²) in [5, 5.41) is 6.35. The number of benzene rings is 2. The maximum absolute atomic E-state index is 12.5. The van der Waals surface area contributed by atoms with Crippen LogP contribution in [0, 0.1) is 0 Å². The Morgan fingerprint density at radius 2 is 1.86 bits per heavy atom. The molecule has 0 fully saturated rings. The van der Waals surface area contributed by atoms with Crippen molar-refractivity contribution in [1.82, 2.24) is 5.32 Å². The minimum absolute atomic E-state index is 0.0333. The summed E-state index contributed by atoms with van der Waals surface area (Å²) in [6, 6.07) is 16.0. The van der Waals surface area contributed by atoms with Crippen molar-refractivity contribution < 1.29 is 4.79 Å². The molecule has 1 aliphatic rings. The van der Waals surface area contributed by atoms with Crippen LogP contribution in [0.4, 0.5) is 5.69 Å². The van der Waals surface area contributed by atoms with E-state index in [9.17, 15) is 4.79 Å². The van der Waals surface area contributed by atoms with Gasteiger partial charge in [0.15, 0.2) is 0 Å². The Morgan fingerprint density at radius 1 is 1.14 bits per heavy atom. The fourth-order valence-electron chi connectivity index (χ4n) is 2.61. The molecule has 0 spiro atoms. The van der Waals surface area contributed by atoms with Gasteiger partial charge in [0.05, 0.1) is 11.7 Å². The van der Waals surface area contributed by atoms with Crippen LogP contribution in [0.3, 0.4) is 0 Å². The van der Waals surface area contributed by atoms with Crippen molar-refractivity contribution in [2.45, 2.75) is 23.9 Å². The van der Waals surface area contributed by atoms with E-state index in [2.05, 4.69) is 22.8 Å². The highest BCUT2D eigenvalue weighted by Crippen LogP contribution is 2.25. The second-order valence-corrected chi connectivity index (χ2v) is 5.94. The summed E-state index contributed by atoms with van der Waals surface area (Å²) >= 11 is 1.64. The van der Waals surface area contributed by atoms with Crippen molar-refractivity contribution in [2.75, 3.05) is 11.6 Å². The first-order chi connectivity index (χ1) is 10.3. The first-order valence-corrected chi connectivity index (χ1v) is 8.24. The Bertz CT molecular complexity index is 657. The van der Waals surface area contributed by atoms with E-state index >= 15 is 0 Å². The third-order valence-corrected chi connectivity index (χ3v) is 4.56. The van der Waals surface area contributed by atoms with Gasteiger partial charge in [0.25, 0.3) is 0 Å². The smallest absolute Gasteiger partial charge is 0.241 e. The first-order valence-electron chi connectivity index (χ1n) is 7.02. The van der Waals surface area contributed by atoms with Crippen molar-refractivity contribution in [3.63, 3.8) is 0 Å². The highest BCUT2D eigenvalue weighted by Gasteiger charge is 2.24. The molecule has 0 bridgehead atoms. The SMILES string of the molecule is CSc1ccccc1NC(=O)C1Cc2ccccc2CN1. The molecule has 1 heterocycles. The summed E-state index contributed by atoms with van der Waals surface area (Å²) < 4.78 is 0. The lowest BCUT2D eigenvalue weighted by Crippen LogP contribution is -2.44. The van der Waals surface area contributed by atoms with E-state index in [1.165, 1.54) is 11.1 Å². The Kier molecular flexibility index (Phi) is 4.27. The fraction of sp³-hybridized carbons (Fsp3) is 0.235. The molecule has 1 unspecified atom stereocenters. The molecule has 2 aromatic rings. The zero-order chi connectivity index (χ0) is 14.7. The fourth-order valence-corrected chi connectivity index (χ4v) is 3.16. The number of carbonyl (C=O) groups is 1. The number of hydrogen-bond donors (Lipinski definition) is 2. The average Bonchev–Trinajstić information content (AvgIpc) is 2.55. The molecular formula is C17H18N2OS. The molecule has 2 N–H and O–H groups in total. The molecule has 0 aromatic heterocycles. The molecule has 0 saturated heterocycles. The van der Waals surface area contributed by atoms with E-state index in [-0.39, 0.29) is 11.9 Å². The summed E-state index contributed by atoms with van der Waals surface area (Å²) in [5.41, 5.74) is 3.43.